The largest absolute Gasteiger partial charge is 0.495 e. The monoisotopic (exact) mass is 266 g/mol. The van der Waals surface area contributed by atoms with Crippen LogP contribution in [0.1, 0.15) is 20.3 Å². The number of nitrogens with one attached hydrogen (secondary N) is 1. The number of carbonyl (C=O) groups excluding carboxylic acids is 1. The molecule has 0 aromatic heterocycles. The lowest BCUT2D eigenvalue weighted by Crippen LogP contribution is -2.41. The zero-order valence-corrected chi connectivity index (χ0v) is 11.7. The number of amides is 1. The molecule has 1 amide bonds. The van der Waals surface area contributed by atoms with Crippen LogP contribution in [-0.4, -0.2) is 31.8 Å². The Labute approximate surface area is 114 Å². The molecular weight excluding hydrogens is 244 g/mol. The number of carbonyl (C=O) groups is 1. The van der Waals surface area contributed by atoms with E-state index in [0.717, 1.165) is 6.42 Å². The molecule has 0 fully saturated rings. The molecule has 5 nitrogen and oxygen atoms in total. The Kier molecular flexibility index (Phi) is 5.79. The second-order valence-corrected chi connectivity index (χ2v) is 4.75. The lowest BCUT2D eigenvalue weighted by molar-refractivity contribution is -0.121. The highest BCUT2D eigenvalue weighted by atomic mass is 16.5. The van der Waals surface area contributed by atoms with Gasteiger partial charge in [-0.1, -0.05) is 19.1 Å². The molecule has 0 aliphatic rings. The standard InChI is InChI=1S/C14H22N2O3/c1-4-14(2,15)10-19-9-13(17)16-11-7-5-6-8-12(11)18-3/h5-8H,4,9-10,15H2,1-3H3,(H,16,17). The van der Waals surface area contributed by atoms with Gasteiger partial charge in [-0.3, -0.25) is 4.79 Å². The molecule has 19 heavy (non-hydrogen) atoms. The molecule has 0 radical (unpaired) electrons. The van der Waals surface area contributed by atoms with Gasteiger partial charge < -0.3 is 20.5 Å². The fraction of sp³-hybridized carbons (Fsp3) is 0.500. The number of rotatable bonds is 7. The summed E-state index contributed by atoms with van der Waals surface area (Å²) in [6, 6.07) is 7.22. The molecule has 0 aliphatic carbocycles. The number of anilines is 1. The zero-order chi connectivity index (χ0) is 14.3. The molecule has 0 heterocycles. The van der Waals surface area contributed by atoms with Gasteiger partial charge in [0.25, 0.3) is 0 Å². The van der Waals surface area contributed by atoms with Gasteiger partial charge in [0.05, 0.1) is 19.4 Å². The third-order valence-corrected chi connectivity index (χ3v) is 2.85. The van der Waals surface area contributed by atoms with Crippen LogP contribution in [0.3, 0.4) is 0 Å². The summed E-state index contributed by atoms with van der Waals surface area (Å²) in [5.41, 5.74) is 6.15. The predicted octanol–water partition coefficient (Wildman–Crippen LogP) is 1.78. The lowest BCUT2D eigenvalue weighted by atomic mass is 10.0. The van der Waals surface area contributed by atoms with E-state index in [2.05, 4.69) is 5.32 Å². The molecule has 0 bridgehead atoms. The van der Waals surface area contributed by atoms with Crippen LogP contribution in [0.15, 0.2) is 24.3 Å². The van der Waals surface area contributed by atoms with Crippen molar-refractivity contribution in [3.8, 4) is 5.75 Å². The van der Waals surface area contributed by atoms with E-state index in [1.807, 2.05) is 26.0 Å². The highest BCUT2D eigenvalue weighted by Crippen LogP contribution is 2.22. The van der Waals surface area contributed by atoms with Gasteiger partial charge in [-0.25, -0.2) is 0 Å². The van der Waals surface area contributed by atoms with Crippen LogP contribution in [0, 0.1) is 0 Å². The summed E-state index contributed by atoms with van der Waals surface area (Å²) in [4.78, 5) is 11.7. The number of hydrogen-bond acceptors (Lipinski definition) is 4. The van der Waals surface area contributed by atoms with E-state index in [1.165, 1.54) is 0 Å². The highest BCUT2D eigenvalue weighted by molar-refractivity contribution is 5.93. The summed E-state index contributed by atoms with van der Waals surface area (Å²) in [5, 5.41) is 2.74. The van der Waals surface area contributed by atoms with Gasteiger partial charge in [-0.15, -0.1) is 0 Å². The Morgan fingerprint density at radius 1 is 1.42 bits per heavy atom. The van der Waals surface area contributed by atoms with Crippen molar-refractivity contribution in [3.05, 3.63) is 24.3 Å². The Bertz CT molecular complexity index is 419. The molecule has 0 aliphatic heterocycles. The van der Waals surface area contributed by atoms with Crippen molar-refractivity contribution in [2.75, 3.05) is 25.6 Å². The first-order valence-corrected chi connectivity index (χ1v) is 6.28. The molecule has 0 saturated carbocycles. The van der Waals surface area contributed by atoms with Gasteiger partial charge in [0, 0.05) is 5.54 Å². The van der Waals surface area contributed by atoms with Crippen LogP contribution in [0.4, 0.5) is 5.69 Å². The van der Waals surface area contributed by atoms with Crippen molar-refractivity contribution in [1.29, 1.82) is 0 Å². The van der Waals surface area contributed by atoms with Gasteiger partial charge in [0.15, 0.2) is 0 Å². The van der Waals surface area contributed by atoms with Crippen molar-refractivity contribution in [2.24, 2.45) is 5.73 Å². The molecule has 5 heteroatoms. The maximum atomic E-state index is 11.7. The maximum Gasteiger partial charge on any atom is 0.250 e. The summed E-state index contributed by atoms with van der Waals surface area (Å²) in [6.45, 7) is 4.21. The Hall–Kier alpha value is -1.59. The summed E-state index contributed by atoms with van der Waals surface area (Å²) >= 11 is 0. The lowest BCUT2D eigenvalue weighted by Gasteiger charge is -2.22. The fourth-order valence-electron chi connectivity index (χ4n) is 1.41. The molecule has 1 aromatic carbocycles. The van der Waals surface area contributed by atoms with E-state index >= 15 is 0 Å². The summed E-state index contributed by atoms with van der Waals surface area (Å²) < 4.78 is 10.5. The average molecular weight is 266 g/mol. The van der Waals surface area contributed by atoms with Gasteiger partial charge in [0.2, 0.25) is 5.91 Å². The van der Waals surface area contributed by atoms with Gasteiger partial charge in [-0.2, -0.15) is 0 Å². The van der Waals surface area contributed by atoms with Crippen molar-refractivity contribution >= 4 is 11.6 Å². The van der Waals surface area contributed by atoms with E-state index in [0.29, 0.717) is 18.0 Å². The van der Waals surface area contributed by atoms with Crippen LogP contribution in [0.25, 0.3) is 0 Å². The summed E-state index contributed by atoms with van der Waals surface area (Å²) in [6.07, 6.45) is 0.793. The number of methoxy groups -OCH3 is 1. The molecule has 1 unspecified atom stereocenters. The first-order chi connectivity index (χ1) is 8.98. The minimum Gasteiger partial charge on any atom is -0.495 e. The van der Waals surface area contributed by atoms with Crippen molar-refractivity contribution in [3.63, 3.8) is 0 Å². The molecule has 0 spiro atoms. The number of hydrogen-bond donors (Lipinski definition) is 2. The average Bonchev–Trinajstić information content (AvgIpc) is 2.39. The van der Waals surface area contributed by atoms with E-state index in [-0.39, 0.29) is 12.5 Å². The molecule has 1 aromatic rings. The third kappa shape index (κ3) is 5.28. The fourth-order valence-corrected chi connectivity index (χ4v) is 1.41. The van der Waals surface area contributed by atoms with E-state index < -0.39 is 5.54 Å². The molecular formula is C14H22N2O3. The number of benzene rings is 1. The summed E-state index contributed by atoms with van der Waals surface area (Å²) in [5.74, 6) is 0.393. The zero-order valence-electron chi connectivity index (χ0n) is 11.7. The van der Waals surface area contributed by atoms with Crippen molar-refractivity contribution in [1.82, 2.24) is 0 Å². The van der Waals surface area contributed by atoms with Crippen molar-refractivity contribution < 1.29 is 14.3 Å². The number of ether oxygens (including phenoxy) is 2. The Morgan fingerprint density at radius 3 is 2.74 bits per heavy atom. The van der Waals surface area contributed by atoms with E-state index in [1.54, 1.807) is 19.2 Å². The Morgan fingerprint density at radius 2 is 2.11 bits per heavy atom. The van der Waals surface area contributed by atoms with Crippen LogP contribution in [0.5, 0.6) is 5.75 Å². The summed E-state index contributed by atoms with van der Waals surface area (Å²) in [7, 11) is 1.56. The highest BCUT2D eigenvalue weighted by Gasteiger charge is 2.16. The van der Waals surface area contributed by atoms with Crippen LogP contribution in [-0.2, 0) is 9.53 Å². The maximum absolute atomic E-state index is 11.7. The van der Waals surface area contributed by atoms with E-state index in [4.69, 9.17) is 15.2 Å². The van der Waals surface area contributed by atoms with Crippen LogP contribution in [0.2, 0.25) is 0 Å². The topological polar surface area (TPSA) is 73.6 Å². The smallest absolute Gasteiger partial charge is 0.250 e. The molecule has 0 saturated heterocycles. The molecule has 106 valence electrons. The Balaban J connectivity index is 2.43. The second kappa shape index (κ2) is 7.11. The first kappa shape index (κ1) is 15.5. The quantitative estimate of drug-likeness (QED) is 0.789. The minimum atomic E-state index is -0.398. The van der Waals surface area contributed by atoms with Gasteiger partial charge in [-0.05, 0) is 25.5 Å². The molecule has 1 rings (SSSR count). The third-order valence-electron chi connectivity index (χ3n) is 2.85. The van der Waals surface area contributed by atoms with Crippen molar-refractivity contribution in [2.45, 2.75) is 25.8 Å². The molecule has 3 N–H and O–H groups in total. The van der Waals surface area contributed by atoms with Gasteiger partial charge in [0.1, 0.15) is 12.4 Å². The normalized spacial score (nSPS) is 13.7. The SMILES string of the molecule is CCC(C)(N)COCC(=O)Nc1ccccc1OC. The van der Waals surface area contributed by atoms with E-state index in [9.17, 15) is 4.79 Å². The first-order valence-electron chi connectivity index (χ1n) is 6.28. The number of nitrogens with two attached hydrogens (primary N) is 1. The van der Waals surface area contributed by atoms with Gasteiger partial charge >= 0.3 is 0 Å². The van der Waals surface area contributed by atoms with Crippen LogP contribution < -0.4 is 15.8 Å². The minimum absolute atomic E-state index is 0.0230. The predicted molar refractivity (Wildman–Crippen MR) is 75.3 cm³/mol. The number of para-hydroxylation sites is 2. The second-order valence-electron chi connectivity index (χ2n) is 4.75. The molecule has 1 atom stereocenters. The van der Waals surface area contributed by atoms with Crippen LogP contribution >= 0.6 is 0 Å².